The van der Waals surface area contributed by atoms with Gasteiger partial charge in [0.1, 0.15) is 11.5 Å². The monoisotopic (exact) mass is 376 g/mol. The maximum atomic E-state index is 12.0. The molecule has 0 heterocycles. The van der Waals surface area contributed by atoms with E-state index in [0.29, 0.717) is 11.5 Å². The first-order chi connectivity index (χ1) is 11.1. The summed E-state index contributed by atoms with van der Waals surface area (Å²) in [6.45, 7) is 1.66. The predicted molar refractivity (Wildman–Crippen MR) is 93.0 cm³/mol. The highest BCUT2D eigenvalue weighted by molar-refractivity contribution is 9.10. The molecule has 0 saturated heterocycles. The number of nitrogens with one attached hydrogen (secondary N) is 1. The maximum absolute atomic E-state index is 12.0. The summed E-state index contributed by atoms with van der Waals surface area (Å²) >= 11 is 3.37. The van der Waals surface area contributed by atoms with E-state index in [0.717, 1.165) is 10.0 Å². The van der Waals surface area contributed by atoms with Crippen LogP contribution in [0.15, 0.2) is 58.1 Å². The van der Waals surface area contributed by atoms with Crippen LogP contribution in [0.3, 0.4) is 0 Å². The van der Waals surface area contributed by atoms with Crippen LogP contribution in [0.25, 0.3) is 0 Å². The molecule has 1 unspecified atom stereocenters. The molecule has 0 aliphatic carbocycles. The van der Waals surface area contributed by atoms with Crippen LogP contribution in [0.5, 0.6) is 11.5 Å². The van der Waals surface area contributed by atoms with Crippen LogP contribution in [0.2, 0.25) is 0 Å². The minimum Gasteiger partial charge on any atom is -0.496 e. The van der Waals surface area contributed by atoms with Gasteiger partial charge in [-0.05, 0) is 47.1 Å². The number of hydrogen-bond donors (Lipinski definition) is 1. The molecule has 0 aromatic heterocycles. The van der Waals surface area contributed by atoms with Crippen molar-refractivity contribution in [2.75, 3.05) is 7.11 Å². The van der Waals surface area contributed by atoms with Gasteiger partial charge >= 0.3 is 0 Å². The number of hydrogen-bond acceptors (Lipinski definition) is 4. The van der Waals surface area contributed by atoms with Crippen molar-refractivity contribution in [3.63, 3.8) is 0 Å². The van der Waals surface area contributed by atoms with E-state index in [2.05, 4.69) is 26.5 Å². The second kappa shape index (κ2) is 8.33. The second-order valence-electron chi connectivity index (χ2n) is 4.67. The van der Waals surface area contributed by atoms with E-state index in [1.807, 2.05) is 42.5 Å². The van der Waals surface area contributed by atoms with Crippen LogP contribution in [0.4, 0.5) is 0 Å². The number of carbonyl (C=O) groups excluding carboxylic acids is 1. The zero-order valence-corrected chi connectivity index (χ0v) is 14.4. The predicted octanol–water partition coefficient (Wildman–Crippen LogP) is 3.38. The molecule has 2 aromatic rings. The Hall–Kier alpha value is -2.34. The van der Waals surface area contributed by atoms with Gasteiger partial charge in [0.25, 0.3) is 5.91 Å². The largest absolute Gasteiger partial charge is 0.496 e. The van der Waals surface area contributed by atoms with Crippen LogP contribution in [-0.4, -0.2) is 25.3 Å². The van der Waals surface area contributed by atoms with E-state index in [-0.39, 0.29) is 5.91 Å². The van der Waals surface area contributed by atoms with Gasteiger partial charge in [-0.25, -0.2) is 5.43 Å². The van der Waals surface area contributed by atoms with Gasteiger partial charge in [-0.1, -0.05) is 24.3 Å². The molecule has 1 atom stereocenters. The van der Waals surface area contributed by atoms with Crippen LogP contribution in [0.1, 0.15) is 12.5 Å². The average molecular weight is 377 g/mol. The summed E-state index contributed by atoms with van der Waals surface area (Å²) in [6, 6.07) is 14.7. The molecular weight excluding hydrogens is 360 g/mol. The van der Waals surface area contributed by atoms with Gasteiger partial charge in [-0.2, -0.15) is 5.10 Å². The third-order valence-corrected chi connectivity index (χ3v) is 3.68. The van der Waals surface area contributed by atoms with Gasteiger partial charge in [-0.15, -0.1) is 0 Å². The van der Waals surface area contributed by atoms with Gasteiger partial charge in [0.05, 0.1) is 17.8 Å². The van der Waals surface area contributed by atoms with Crippen molar-refractivity contribution in [3.8, 4) is 11.5 Å². The Labute approximate surface area is 143 Å². The van der Waals surface area contributed by atoms with Crippen molar-refractivity contribution < 1.29 is 14.3 Å². The molecular formula is C17H17BrN2O3. The average Bonchev–Trinajstić information content (AvgIpc) is 2.57. The molecule has 5 nitrogen and oxygen atoms in total. The van der Waals surface area contributed by atoms with Crippen molar-refractivity contribution in [1.29, 1.82) is 0 Å². The topological polar surface area (TPSA) is 59.9 Å². The second-order valence-corrected chi connectivity index (χ2v) is 5.52. The Morgan fingerprint density at radius 1 is 1.17 bits per heavy atom. The number of hydrazone groups is 1. The lowest BCUT2D eigenvalue weighted by molar-refractivity contribution is -0.127. The third kappa shape index (κ3) is 4.82. The molecule has 120 valence electrons. The fourth-order valence-corrected chi connectivity index (χ4v) is 2.19. The number of rotatable bonds is 6. The molecule has 0 spiro atoms. The molecule has 6 heteroatoms. The Bertz CT molecular complexity index is 704. The Balaban J connectivity index is 1.94. The zero-order chi connectivity index (χ0) is 16.7. The number of nitrogens with zero attached hydrogens (tertiary/aromatic N) is 1. The highest BCUT2D eigenvalue weighted by atomic mass is 79.9. The number of benzene rings is 2. The molecule has 23 heavy (non-hydrogen) atoms. The highest BCUT2D eigenvalue weighted by Gasteiger charge is 2.15. The molecule has 2 rings (SSSR count). The number of halogens is 1. The first kappa shape index (κ1) is 17.0. The van der Waals surface area contributed by atoms with Gasteiger partial charge in [0.15, 0.2) is 6.10 Å². The fourth-order valence-electron chi connectivity index (χ4n) is 1.81. The summed E-state index contributed by atoms with van der Waals surface area (Å²) in [7, 11) is 1.58. The summed E-state index contributed by atoms with van der Waals surface area (Å²) < 4.78 is 11.6. The van der Waals surface area contributed by atoms with E-state index >= 15 is 0 Å². The zero-order valence-electron chi connectivity index (χ0n) is 12.8. The molecule has 1 amide bonds. The van der Waals surface area contributed by atoms with Gasteiger partial charge in [0, 0.05) is 5.56 Å². The van der Waals surface area contributed by atoms with Gasteiger partial charge in [-0.3, -0.25) is 4.79 Å². The van der Waals surface area contributed by atoms with Crippen molar-refractivity contribution in [1.82, 2.24) is 5.43 Å². The Morgan fingerprint density at radius 3 is 2.52 bits per heavy atom. The number of ether oxygens (including phenoxy) is 2. The quantitative estimate of drug-likeness (QED) is 0.620. The van der Waals surface area contributed by atoms with Gasteiger partial charge < -0.3 is 9.47 Å². The summed E-state index contributed by atoms with van der Waals surface area (Å²) in [6.07, 6.45) is 0.852. The minimum atomic E-state index is -0.677. The fraction of sp³-hybridized carbons (Fsp3) is 0.176. The minimum absolute atomic E-state index is 0.341. The number of methoxy groups -OCH3 is 1. The van der Waals surface area contributed by atoms with Crippen molar-refractivity contribution in [3.05, 3.63) is 58.6 Å². The summed E-state index contributed by atoms with van der Waals surface area (Å²) in [5, 5.41) is 3.94. The normalized spacial score (nSPS) is 12.0. The number of carbonyl (C=O) groups is 1. The lowest BCUT2D eigenvalue weighted by atomic mass is 10.2. The SMILES string of the molecule is COc1ccccc1C=NNC(=O)C(C)Oc1ccccc1Br. The smallest absolute Gasteiger partial charge is 0.280 e. The molecule has 0 saturated carbocycles. The molecule has 0 fully saturated rings. The van der Waals surface area contributed by atoms with E-state index in [4.69, 9.17) is 9.47 Å². The van der Waals surface area contributed by atoms with Crippen molar-refractivity contribution in [2.24, 2.45) is 5.10 Å². The molecule has 0 bridgehead atoms. The van der Waals surface area contributed by atoms with E-state index in [1.165, 1.54) is 6.21 Å². The van der Waals surface area contributed by atoms with E-state index < -0.39 is 6.10 Å². The molecule has 1 N–H and O–H groups in total. The van der Waals surface area contributed by atoms with Crippen LogP contribution in [0, 0.1) is 0 Å². The summed E-state index contributed by atoms with van der Waals surface area (Å²) in [5.74, 6) is 0.943. The Kier molecular flexibility index (Phi) is 6.17. The highest BCUT2D eigenvalue weighted by Crippen LogP contribution is 2.24. The first-order valence-corrected chi connectivity index (χ1v) is 7.78. The number of para-hydroxylation sites is 2. The van der Waals surface area contributed by atoms with E-state index in [9.17, 15) is 4.79 Å². The third-order valence-electron chi connectivity index (χ3n) is 3.03. The van der Waals surface area contributed by atoms with Crippen LogP contribution < -0.4 is 14.9 Å². The van der Waals surface area contributed by atoms with Crippen molar-refractivity contribution in [2.45, 2.75) is 13.0 Å². The molecule has 0 aliphatic rings. The van der Waals surface area contributed by atoms with Gasteiger partial charge in [0.2, 0.25) is 0 Å². The first-order valence-electron chi connectivity index (χ1n) is 6.99. The summed E-state index contributed by atoms with van der Waals surface area (Å²) in [4.78, 5) is 12.0. The molecule has 2 aromatic carbocycles. The Morgan fingerprint density at radius 2 is 1.83 bits per heavy atom. The lowest BCUT2D eigenvalue weighted by Crippen LogP contribution is -2.33. The lowest BCUT2D eigenvalue weighted by Gasteiger charge is -2.14. The van der Waals surface area contributed by atoms with E-state index in [1.54, 1.807) is 20.1 Å². The molecule has 0 radical (unpaired) electrons. The van der Waals surface area contributed by atoms with Crippen molar-refractivity contribution >= 4 is 28.1 Å². The standard InChI is InChI=1S/C17H17BrN2O3/c1-12(23-16-10-6-4-8-14(16)18)17(21)20-19-11-13-7-3-5-9-15(13)22-2/h3-12H,1-2H3,(H,20,21). The summed E-state index contributed by atoms with van der Waals surface area (Å²) in [5.41, 5.74) is 3.23. The maximum Gasteiger partial charge on any atom is 0.280 e. The molecule has 0 aliphatic heterocycles. The van der Waals surface area contributed by atoms with Crippen LogP contribution in [-0.2, 0) is 4.79 Å². The van der Waals surface area contributed by atoms with Crippen LogP contribution >= 0.6 is 15.9 Å². The number of amides is 1.